The van der Waals surface area contributed by atoms with Crippen molar-refractivity contribution in [2.45, 2.75) is 32.2 Å². The third kappa shape index (κ3) is 3.21. The summed E-state index contributed by atoms with van der Waals surface area (Å²) in [4.78, 5) is 1.48. The Morgan fingerprint density at radius 2 is 2.00 bits per heavy atom. The molecule has 1 heterocycles. The topological polar surface area (TPSA) is 12.0 Å². The van der Waals surface area contributed by atoms with Crippen LogP contribution in [0, 0.1) is 0 Å². The van der Waals surface area contributed by atoms with Gasteiger partial charge < -0.3 is 5.32 Å². The molecule has 0 amide bonds. The van der Waals surface area contributed by atoms with Crippen molar-refractivity contribution in [1.82, 2.24) is 5.32 Å². The summed E-state index contributed by atoms with van der Waals surface area (Å²) in [5.74, 6) is 0. The molecule has 0 bridgehead atoms. The van der Waals surface area contributed by atoms with Crippen molar-refractivity contribution in [3.05, 3.63) is 57.8 Å². The van der Waals surface area contributed by atoms with Crippen LogP contribution in [0.2, 0.25) is 0 Å². The highest BCUT2D eigenvalue weighted by atomic mass is 32.1. The molecule has 1 aromatic carbocycles. The van der Waals surface area contributed by atoms with Gasteiger partial charge in [0.25, 0.3) is 0 Å². The van der Waals surface area contributed by atoms with Crippen molar-refractivity contribution < 1.29 is 0 Å². The summed E-state index contributed by atoms with van der Waals surface area (Å²) in [6.07, 6.45) is 3.42. The molecule has 2 aromatic rings. The van der Waals surface area contributed by atoms with E-state index in [9.17, 15) is 0 Å². The van der Waals surface area contributed by atoms with Gasteiger partial charge in [-0.15, -0.1) is 11.3 Å². The number of aryl methyl sites for hydroxylation is 2. The lowest BCUT2D eigenvalue weighted by molar-refractivity contribution is 0.547. The fourth-order valence-corrected chi connectivity index (χ4v) is 3.12. The molecule has 0 aliphatic heterocycles. The highest BCUT2D eigenvalue weighted by Crippen LogP contribution is 2.24. The van der Waals surface area contributed by atoms with E-state index in [0.717, 1.165) is 19.3 Å². The number of hydrogen-bond acceptors (Lipinski definition) is 2. The number of nitrogens with one attached hydrogen (secondary N) is 1. The highest BCUT2D eigenvalue weighted by molar-refractivity contribution is 7.09. The van der Waals surface area contributed by atoms with E-state index in [1.807, 2.05) is 11.3 Å². The van der Waals surface area contributed by atoms with Crippen LogP contribution in [0.15, 0.2) is 41.8 Å². The Kier molecular flexibility index (Phi) is 4.97. The molecule has 96 valence electrons. The summed E-state index contributed by atoms with van der Waals surface area (Å²) in [7, 11) is 2.06. The average molecular weight is 259 g/mol. The summed E-state index contributed by atoms with van der Waals surface area (Å²) in [5.41, 5.74) is 2.92. The minimum absolute atomic E-state index is 0.461. The summed E-state index contributed by atoms with van der Waals surface area (Å²) in [5, 5.41) is 5.62. The van der Waals surface area contributed by atoms with Crippen molar-refractivity contribution in [3.63, 3.8) is 0 Å². The monoisotopic (exact) mass is 259 g/mol. The van der Waals surface area contributed by atoms with Crippen molar-refractivity contribution in [2.75, 3.05) is 7.05 Å². The van der Waals surface area contributed by atoms with E-state index in [1.54, 1.807) is 0 Å². The first kappa shape index (κ1) is 13.3. The van der Waals surface area contributed by atoms with Crippen LogP contribution in [0.1, 0.15) is 35.4 Å². The molecule has 1 unspecified atom stereocenters. The van der Waals surface area contributed by atoms with Gasteiger partial charge in [-0.1, -0.05) is 37.3 Å². The summed E-state index contributed by atoms with van der Waals surface area (Å²) >= 11 is 1.85. The predicted molar refractivity (Wildman–Crippen MR) is 80.3 cm³/mol. The van der Waals surface area contributed by atoms with Crippen LogP contribution in [0.5, 0.6) is 0 Å². The lowest BCUT2D eigenvalue weighted by atomic mass is 9.95. The zero-order chi connectivity index (χ0) is 12.8. The molecule has 0 saturated carbocycles. The minimum atomic E-state index is 0.461. The Labute approximate surface area is 114 Å². The van der Waals surface area contributed by atoms with Gasteiger partial charge in [0.1, 0.15) is 0 Å². The standard InChI is InChI=1S/C16H21NS/c1-3-13-7-4-5-9-15(13)16(17-2)11-10-14-8-6-12-18-14/h4-9,12,16-17H,3,10-11H2,1-2H3. The Morgan fingerprint density at radius 1 is 1.17 bits per heavy atom. The second-order valence-electron chi connectivity index (χ2n) is 4.51. The molecule has 2 heteroatoms. The lowest BCUT2D eigenvalue weighted by Gasteiger charge is -2.19. The van der Waals surface area contributed by atoms with Crippen LogP contribution >= 0.6 is 11.3 Å². The molecule has 0 aliphatic carbocycles. The largest absolute Gasteiger partial charge is 0.313 e. The molecule has 0 spiro atoms. The molecule has 0 saturated heterocycles. The number of hydrogen-bond donors (Lipinski definition) is 1. The van der Waals surface area contributed by atoms with Gasteiger partial charge in [0, 0.05) is 10.9 Å². The minimum Gasteiger partial charge on any atom is -0.313 e. The van der Waals surface area contributed by atoms with Crippen molar-refractivity contribution in [3.8, 4) is 0 Å². The van der Waals surface area contributed by atoms with Gasteiger partial charge in [-0.3, -0.25) is 0 Å². The molecule has 1 aromatic heterocycles. The summed E-state index contributed by atoms with van der Waals surface area (Å²) in [6, 6.07) is 13.6. The molecular formula is C16H21NS. The number of thiophene rings is 1. The maximum Gasteiger partial charge on any atom is 0.0323 e. The summed E-state index contributed by atoms with van der Waals surface area (Å²) < 4.78 is 0. The molecular weight excluding hydrogens is 238 g/mol. The van der Waals surface area contributed by atoms with Crippen molar-refractivity contribution in [1.29, 1.82) is 0 Å². The molecule has 0 fully saturated rings. The first-order valence-electron chi connectivity index (χ1n) is 6.62. The third-order valence-corrected chi connectivity index (χ3v) is 4.36. The lowest BCUT2D eigenvalue weighted by Crippen LogP contribution is -2.18. The molecule has 18 heavy (non-hydrogen) atoms. The van der Waals surface area contributed by atoms with Gasteiger partial charge in [-0.05, 0) is 48.9 Å². The SMILES string of the molecule is CCc1ccccc1C(CCc1cccs1)NC. The van der Waals surface area contributed by atoms with Gasteiger partial charge in [0.05, 0.1) is 0 Å². The van der Waals surface area contributed by atoms with Crippen LogP contribution in [0.3, 0.4) is 0 Å². The Hall–Kier alpha value is -1.12. The first-order valence-corrected chi connectivity index (χ1v) is 7.50. The molecule has 0 aliphatic rings. The van der Waals surface area contributed by atoms with Gasteiger partial charge >= 0.3 is 0 Å². The fraction of sp³-hybridized carbons (Fsp3) is 0.375. The Bertz CT molecular complexity index is 462. The Morgan fingerprint density at radius 3 is 2.67 bits per heavy atom. The zero-order valence-corrected chi connectivity index (χ0v) is 12.0. The van der Waals surface area contributed by atoms with Crippen LogP contribution in [-0.4, -0.2) is 7.05 Å². The van der Waals surface area contributed by atoms with E-state index in [4.69, 9.17) is 0 Å². The van der Waals surface area contributed by atoms with Gasteiger partial charge in [0.15, 0.2) is 0 Å². The van der Waals surface area contributed by atoms with Crippen LogP contribution in [0.25, 0.3) is 0 Å². The predicted octanol–water partition coefficient (Wildman–Crippen LogP) is 4.20. The maximum atomic E-state index is 3.46. The van der Waals surface area contributed by atoms with E-state index in [-0.39, 0.29) is 0 Å². The van der Waals surface area contributed by atoms with E-state index in [1.165, 1.54) is 16.0 Å². The van der Waals surface area contributed by atoms with Crippen LogP contribution in [-0.2, 0) is 12.8 Å². The second-order valence-corrected chi connectivity index (χ2v) is 5.54. The number of benzene rings is 1. The zero-order valence-electron chi connectivity index (χ0n) is 11.1. The van der Waals surface area contributed by atoms with Gasteiger partial charge in [-0.25, -0.2) is 0 Å². The second kappa shape index (κ2) is 6.72. The first-order chi connectivity index (χ1) is 8.85. The maximum absolute atomic E-state index is 3.46. The summed E-state index contributed by atoms with van der Waals surface area (Å²) in [6.45, 7) is 2.23. The fourth-order valence-electron chi connectivity index (χ4n) is 2.39. The van der Waals surface area contributed by atoms with E-state index < -0.39 is 0 Å². The Balaban J connectivity index is 2.08. The van der Waals surface area contributed by atoms with Crippen molar-refractivity contribution in [2.24, 2.45) is 0 Å². The quantitative estimate of drug-likeness (QED) is 0.819. The molecule has 1 atom stereocenters. The third-order valence-electron chi connectivity index (χ3n) is 3.42. The molecule has 1 N–H and O–H groups in total. The average Bonchev–Trinajstić information content (AvgIpc) is 2.93. The van der Waals surface area contributed by atoms with Gasteiger partial charge in [-0.2, -0.15) is 0 Å². The van der Waals surface area contributed by atoms with E-state index in [0.29, 0.717) is 6.04 Å². The highest BCUT2D eigenvalue weighted by Gasteiger charge is 2.12. The van der Waals surface area contributed by atoms with Crippen LogP contribution < -0.4 is 5.32 Å². The van der Waals surface area contributed by atoms with Crippen LogP contribution in [0.4, 0.5) is 0 Å². The van der Waals surface area contributed by atoms with Crippen molar-refractivity contribution >= 4 is 11.3 Å². The molecule has 1 nitrogen and oxygen atoms in total. The molecule has 2 rings (SSSR count). The van der Waals surface area contributed by atoms with E-state index in [2.05, 4.69) is 61.1 Å². The molecule has 0 radical (unpaired) electrons. The van der Waals surface area contributed by atoms with Gasteiger partial charge in [0.2, 0.25) is 0 Å². The normalized spacial score (nSPS) is 12.6. The number of rotatable bonds is 6. The van der Waals surface area contributed by atoms with E-state index >= 15 is 0 Å². The smallest absolute Gasteiger partial charge is 0.0323 e.